The van der Waals surface area contributed by atoms with Gasteiger partial charge in [-0.05, 0) is 87.2 Å². The first-order chi connectivity index (χ1) is 18.3. The van der Waals surface area contributed by atoms with E-state index in [1.54, 1.807) is 23.5 Å². The fourth-order valence-electron chi connectivity index (χ4n) is 4.75. The fourth-order valence-corrected chi connectivity index (χ4v) is 5.73. The molecule has 2 heterocycles. The molecule has 1 aliphatic rings. The Labute approximate surface area is 227 Å². The lowest BCUT2D eigenvalue weighted by Gasteiger charge is -2.28. The Kier molecular flexibility index (Phi) is 7.29. The van der Waals surface area contributed by atoms with Crippen molar-refractivity contribution in [2.45, 2.75) is 38.5 Å². The summed E-state index contributed by atoms with van der Waals surface area (Å²) < 4.78 is 0. The van der Waals surface area contributed by atoms with Crippen LogP contribution in [0.4, 0.5) is 11.4 Å². The van der Waals surface area contributed by atoms with E-state index in [1.807, 2.05) is 66.0 Å². The molecule has 0 spiro atoms. The fraction of sp³-hybridized carbons (Fsp3) is 0.258. The monoisotopic (exact) mass is 525 g/mol. The topological polar surface area (TPSA) is 82.5 Å². The lowest BCUT2D eigenvalue weighted by atomic mass is 9.85. The number of benzene rings is 3. The summed E-state index contributed by atoms with van der Waals surface area (Å²) >= 11 is 1.58. The number of amides is 1. The number of rotatable bonds is 7. The Morgan fingerprint density at radius 2 is 1.50 bits per heavy atom. The van der Waals surface area contributed by atoms with Crippen LogP contribution in [0.1, 0.15) is 64.4 Å². The normalized spacial score (nSPS) is 13.8. The van der Waals surface area contributed by atoms with Crippen LogP contribution < -0.4 is 10.2 Å². The molecular weight excluding hydrogens is 494 g/mol. The second kappa shape index (κ2) is 10.8. The Bertz CT molecular complexity index is 1420. The third-order valence-electron chi connectivity index (χ3n) is 7.18. The minimum atomic E-state index is -0.934. The minimum Gasteiger partial charge on any atom is -0.478 e. The second-order valence-electron chi connectivity index (χ2n) is 10.2. The van der Waals surface area contributed by atoms with Crippen molar-refractivity contribution in [2.24, 2.45) is 0 Å². The number of hydrogen-bond acceptors (Lipinski definition) is 5. The first-order valence-electron chi connectivity index (χ1n) is 12.9. The van der Waals surface area contributed by atoms with E-state index in [-0.39, 0.29) is 16.9 Å². The third-order valence-corrected chi connectivity index (χ3v) is 8.35. The number of thiazole rings is 1. The van der Waals surface area contributed by atoms with E-state index in [0.29, 0.717) is 5.56 Å². The van der Waals surface area contributed by atoms with Gasteiger partial charge in [-0.25, -0.2) is 9.78 Å². The summed E-state index contributed by atoms with van der Waals surface area (Å²) in [6.45, 7) is 6.33. The van der Waals surface area contributed by atoms with Crippen LogP contribution >= 0.6 is 11.3 Å². The van der Waals surface area contributed by atoms with Crippen molar-refractivity contribution in [3.8, 4) is 11.3 Å². The number of piperidine rings is 1. The van der Waals surface area contributed by atoms with E-state index in [9.17, 15) is 14.7 Å². The van der Waals surface area contributed by atoms with E-state index in [0.717, 1.165) is 40.6 Å². The van der Waals surface area contributed by atoms with E-state index in [1.165, 1.54) is 24.9 Å². The standard InChI is InChI=1S/C31H31N3O3S/c1-31(2,24-12-6-23(7-13-24)29(36)37)30-33-27(20-38-30)21-8-14-25(15-9-21)32-28(35)22-10-16-26(17-11-22)34-18-4-3-5-19-34/h6-17,20H,3-5,18-19H2,1-2H3,(H,32,35)(H,36,37). The summed E-state index contributed by atoms with van der Waals surface area (Å²) in [7, 11) is 0. The van der Waals surface area contributed by atoms with E-state index < -0.39 is 5.97 Å². The summed E-state index contributed by atoms with van der Waals surface area (Å²) in [5, 5.41) is 15.1. The van der Waals surface area contributed by atoms with Crippen molar-refractivity contribution in [3.63, 3.8) is 0 Å². The molecular formula is C31H31N3O3S. The SMILES string of the molecule is CC(C)(c1ccc(C(=O)O)cc1)c1nc(-c2ccc(NC(=O)c3ccc(N4CCCCC4)cc3)cc2)cs1. The predicted octanol–water partition coefficient (Wildman–Crippen LogP) is 7.08. The molecule has 194 valence electrons. The highest BCUT2D eigenvalue weighted by Crippen LogP contribution is 2.36. The number of aromatic nitrogens is 1. The van der Waals surface area contributed by atoms with Crippen LogP contribution in [-0.2, 0) is 5.41 Å². The van der Waals surface area contributed by atoms with Gasteiger partial charge in [0.05, 0.1) is 11.3 Å². The Morgan fingerprint density at radius 1 is 0.868 bits per heavy atom. The number of carboxylic acids is 1. The van der Waals surface area contributed by atoms with Gasteiger partial charge >= 0.3 is 5.97 Å². The molecule has 6 nitrogen and oxygen atoms in total. The summed E-state index contributed by atoms with van der Waals surface area (Å²) in [6.07, 6.45) is 3.74. The lowest BCUT2D eigenvalue weighted by Crippen LogP contribution is -2.29. The highest BCUT2D eigenvalue weighted by Gasteiger charge is 2.27. The number of aromatic carboxylic acids is 1. The van der Waals surface area contributed by atoms with Gasteiger partial charge in [0.2, 0.25) is 0 Å². The van der Waals surface area contributed by atoms with Crippen LogP contribution in [0.3, 0.4) is 0 Å². The number of carboxylic acid groups (broad SMARTS) is 1. The molecule has 4 aromatic rings. The summed E-state index contributed by atoms with van der Waals surface area (Å²) in [5.74, 6) is -1.06. The minimum absolute atomic E-state index is 0.130. The Balaban J connectivity index is 1.24. The molecule has 7 heteroatoms. The van der Waals surface area contributed by atoms with Gasteiger partial charge < -0.3 is 15.3 Å². The van der Waals surface area contributed by atoms with Crippen LogP contribution in [0.2, 0.25) is 0 Å². The van der Waals surface area contributed by atoms with Crippen LogP contribution in [0, 0.1) is 0 Å². The van der Waals surface area contributed by atoms with Crippen molar-refractivity contribution >= 4 is 34.6 Å². The van der Waals surface area contributed by atoms with Gasteiger partial charge in [-0.1, -0.05) is 24.3 Å². The van der Waals surface area contributed by atoms with Crippen LogP contribution in [-0.4, -0.2) is 35.1 Å². The number of carbonyl (C=O) groups excluding carboxylic acids is 1. The van der Waals surface area contributed by atoms with Gasteiger partial charge in [-0.2, -0.15) is 0 Å². The number of carbonyl (C=O) groups is 2. The summed E-state index contributed by atoms with van der Waals surface area (Å²) in [4.78, 5) is 31.2. The molecule has 0 atom stereocenters. The first kappa shape index (κ1) is 25.7. The molecule has 0 radical (unpaired) electrons. The maximum atomic E-state index is 12.8. The van der Waals surface area contributed by atoms with E-state index in [4.69, 9.17) is 4.98 Å². The zero-order valence-electron chi connectivity index (χ0n) is 21.6. The lowest BCUT2D eigenvalue weighted by molar-refractivity contribution is 0.0696. The van der Waals surface area contributed by atoms with E-state index >= 15 is 0 Å². The average Bonchev–Trinajstić information content (AvgIpc) is 3.45. The van der Waals surface area contributed by atoms with E-state index in [2.05, 4.69) is 24.1 Å². The molecule has 0 unspecified atom stereocenters. The quantitative estimate of drug-likeness (QED) is 0.269. The Hall–Kier alpha value is -3.97. The van der Waals surface area contributed by atoms with Crippen molar-refractivity contribution in [1.82, 2.24) is 4.98 Å². The van der Waals surface area contributed by atoms with Crippen molar-refractivity contribution in [3.05, 3.63) is 99.9 Å². The maximum absolute atomic E-state index is 12.8. The number of anilines is 2. The molecule has 3 aromatic carbocycles. The molecule has 2 N–H and O–H groups in total. The second-order valence-corrected chi connectivity index (χ2v) is 11.0. The molecule has 1 saturated heterocycles. The maximum Gasteiger partial charge on any atom is 0.335 e. The zero-order valence-corrected chi connectivity index (χ0v) is 22.4. The van der Waals surface area contributed by atoms with Gasteiger partial charge in [0.25, 0.3) is 5.91 Å². The molecule has 0 saturated carbocycles. The highest BCUT2D eigenvalue weighted by molar-refractivity contribution is 7.10. The van der Waals surface area contributed by atoms with Crippen molar-refractivity contribution in [2.75, 3.05) is 23.3 Å². The molecule has 0 bridgehead atoms. The summed E-state index contributed by atoms with van der Waals surface area (Å²) in [5.41, 5.74) is 5.29. The van der Waals surface area contributed by atoms with Crippen LogP contribution in [0.5, 0.6) is 0 Å². The smallest absolute Gasteiger partial charge is 0.335 e. The molecule has 38 heavy (non-hydrogen) atoms. The van der Waals surface area contributed by atoms with Gasteiger partial charge in [0.1, 0.15) is 5.01 Å². The molecule has 1 fully saturated rings. The van der Waals surface area contributed by atoms with Gasteiger partial charge in [-0.3, -0.25) is 4.79 Å². The molecule has 0 aliphatic carbocycles. The predicted molar refractivity (Wildman–Crippen MR) is 154 cm³/mol. The molecule has 1 aliphatic heterocycles. The molecule has 5 rings (SSSR count). The first-order valence-corrected chi connectivity index (χ1v) is 13.8. The highest BCUT2D eigenvalue weighted by atomic mass is 32.1. The molecule has 1 amide bonds. The third kappa shape index (κ3) is 5.48. The van der Waals surface area contributed by atoms with Crippen LogP contribution in [0.25, 0.3) is 11.3 Å². The van der Waals surface area contributed by atoms with Gasteiger partial charge in [0.15, 0.2) is 0 Å². The van der Waals surface area contributed by atoms with Crippen molar-refractivity contribution < 1.29 is 14.7 Å². The average molecular weight is 526 g/mol. The van der Waals surface area contributed by atoms with Crippen LogP contribution in [0.15, 0.2) is 78.2 Å². The number of nitrogens with one attached hydrogen (secondary N) is 1. The largest absolute Gasteiger partial charge is 0.478 e. The van der Waals surface area contributed by atoms with Crippen molar-refractivity contribution in [1.29, 1.82) is 0 Å². The number of nitrogens with zero attached hydrogens (tertiary/aromatic N) is 2. The molecule has 1 aromatic heterocycles. The van der Waals surface area contributed by atoms with Gasteiger partial charge in [0, 0.05) is 46.4 Å². The zero-order chi connectivity index (χ0) is 26.7. The number of hydrogen-bond donors (Lipinski definition) is 2. The Morgan fingerprint density at radius 3 is 2.13 bits per heavy atom. The summed E-state index contributed by atoms with van der Waals surface area (Å²) in [6, 6.07) is 22.5. The van der Waals surface area contributed by atoms with Gasteiger partial charge in [-0.15, -0.1) is 11.3 Å².